The van der Waals surface area contributed by atoms with Crippen molar-refractivity contribution in [2.24, 2.45) is 0 Å². The summed E-state index contributed by atoms with van der Waals surface area (Å²) in [5.74, 6) is 0.900. The lowest BCUT2D eigenvalue weighted by molar-refractivity contribution is -0.129. The molecule has 0 bridgehead atoms. The minimum Gasteiger partial charge on any atom is -0.489 e. The van der Waals surface area contributed by atoms with Gasteiger partial charge in [0.1, 0.15) is 5.75 Å². The SMILES string of the molecule is CC(=O)N1CCC(Nc2cc(C#N)ccc2OC(C)C)CC1. The maximum Gasteiger partial charge on any atom is 0.219 e. The number of ether oxygens (including phenoxy) is 1. The van der Waals surface area contributed by atoms with Gasteiger partial charge in [-0.1, -0.05) is 0 Å². The van der Waals surface area contributed by atoms with Crippen molar-refractivity contribution in [3.63, 3.8) is 0 Å². The second kappa shape index (κ2) is 7.17. The van der Waals surface area contributed by atoms with E-state index in [1.165, 1.54) is 0 Å². The van der Waals surface area contributed by atoms with Crippen LogP contribution in [0.25, 0.3) is 0 Å². The van der Waals surface area contributed by atoms with Crippen LogP contribution >= 0.6 is 0 Å². The summed E-state index contributed by atoms with van der Waals surface area (Å²) in [6.07, 6.45) is 1.88. The van der Waals surface area contributed by atoms with E-state index in [9.17, 15) is 4.79 Å². The Morgan fingerprint density at radius 1 is 1.41 bits per heavy atom. The first-order chi connectivity index (χ1) is 10.5. The topological polar surface area (TPSA) is 65.4 Å². The smallest absolute Gasteiger partial charge is 0.219 e. The fourth-order valence-corrected chi connectivity index (χ4v) is 2.63. The van der Waals surface area contributed by atoms with Gasteiger partial charge in [0.2, 0.25) is 5.91 Å². The molecular weight excluding hydrogens is 278 g/mol. The van der Waals surface area contributed by atoms with Crippen molar-refractivity contribution in [1.29, 1.82) is 5.26 Å². The number of benzene rings is 1. The maximum absolute atomic E-state index is 11.4. The first-order valence-electron chi connectivity index (χ1n) is 7.72. The summed E-state index contributed by atoms with van der Waals surface area (Å²) in [5, 5.41) is 12.5. The number of amides is 1. The first-order valence-corrected chi connectivity index (χ1v) is 7.72. The summed E-state index contributed by atoms with van der Waals surface area (Å²) < 4.78 is 5.81. The number of carbonyl (C=O) groups is 1. The monoisotopic (exact) mass is 301 g/mol. The van der Waals surface area contributed by atoms with E-state index in [0.29, 0.717) is 11.6 Å². The summed E-state index contributed by atoms with van der Waals surface area (Å²) in [5.41, 5.74) is 1.47. The van der Waals surface area contributed by atoms with Gasteiger partial charge in [0, 0.05) is 26.1 Å². The van der Waals surface area contributed by atoms with Gasteiger partial charge >= 0.3 is 0 Å². The van der Waals surface area contributed by atoms with Gasteiger partial charge in [-0.05, 0) is 44.9 Å². The van der Waals surface area contributed by atoms with Crippen LogP contribution in [0.1, 0.15) is 39.2 Å². The van der Waals surface area contributed by atoms with Crippen LogP contribution in [-0.4, -0.2) is 36.0 Å². The number of nitrogens with zero attached hydrogens (tertiary/aromatic N) is 2. The zero-order valence-electron chi connectivity index (χ0n) is 13.4. The summed E-state index contributed by atoms with van der Waals surface area (Å²) in [4.78, 5) is 13.2. The normalized spacial score (nSPS) is 15.5. The minimum atomic E-state index is 0.0769. The molecule has 0 unspecified atom stereocenters. The molecule has 0 aliphatic carbocycles. The Bertz CT molecular complexity index is 570. The molecule has 5 nitrogen and oxygen atoms in total. The second-order valence-corrected chi connectivity index (χ2v) is 5.91. The molecule has 1 amide bonds. The number of hydrogen-bond donors (Lipinski definition) is 1. The highest BCUT2D eigenvalue weighted by atomic mass is 16.5. The van der Waals surface area contributed by atoms with Gasteiger partial charge in [-0.2, -0.15) is 5.26 Å². The van der Waals surface area contributed by atoms with Crippen molar-refractivity contribution in [3.8, 4) is 11.8 Å². The molecule has 1 N–H and O–H groups in total. The molecule has 1 heterocycles. The third-order valence-electron chi connectivity index (χ3n) is 3.77. The van der Waals surface area contributed by atoms with E-state index < -0.39 is 0 Å². The largest absolute Gasteiger partial charge is 0.489 e. The molecule has 1 aliphatic heterocycles. The van der Waals surface area contributed by atoms with Crippen molar-refractivity contribution in [2.75, 3.05) is 18.4 Å². The summed E-state index contributed by atoms with van der Waals surface area (Å²) in [6, 6.07) is 7.88. The van der Waals surface area contributed by atoms with Crippen LogP contribution in [0, 0.1) is 11.3 Å². The summed E-state index contributed by atoms with van der Waals surface area (Å²) in [7, 11) is 0. The lowest BCUT2D eigenvalue weighted by atomic mass is 10.0. The molecule has 1 fully saturated rings. The lowest BCUT2D eigenvalue weighted by Crippen LogP contribution is -2.41. The minimum absolute atomic E-state index is 0.0769. The Morgan fingerprint density at radius 2 is 2.09 bits per heavy atom. The number of likely N-dealkylation sites (tertiary alicyclic amines) is 1. The number of anilines is 1. The van der Waals surface area contributed by atoms with Gasteiger partial charge in [-0.3, -0.25) is 4.79 Å². The average Bonchev–Trinajstić information content (AvgIpc) is 2.49. The highest BCUT2D eigenvalue weighted by Gasteiger charge is 2.21. The third kappa shape index (κ3) is 4.14. The molecule has 1 aromatic rings. The maximum atomic E-state index is 11.4. The molecule has 0 radical (unpaired) electrons. The predicted octanol–water partition coefficient (Wildman–Crippen LogP) is 2.77. The quantitative estimate of drug-likeness (QED) is 0.928. The van der Waals surface area contributed by atoms with Crippen LogP contribution in [0.15, 0.2) is 18.2 Å². The molecular formula is C17H23N3O2. The van der Waals surface area contributed by atoms with Gasteiger partial charge in [0.05, 0.1) is 23.4 Å². The molecule has 22 heavy (non-hydrogen) atoms. The van der Waals surface area contributed by atoms with E-state index in [-0.39, 0.29) is 12.0 Å². The highest BCUT2D eigenvalue weighted by molar-refractivity contribution is 5.73. The second-order valence-electron chi connectivity index (χ2n) is 5.91. The van der Waals surface area contributed by atoms with Gasteiger partial charge < -0.3 is 15.0 Å². The predicted molar refractivity (Wildman–Crippen MR) is 85.8 cm³/mol. The van der Waals surface area contributed by atoms with Gasteiger partial charge in [-0.15, -0.1) is 0 Å². The van der Waals surface area contributed by atoms with Crippen LogP contribution in [-0.2, 0) is 4.79 Å². The number of rotatable bonds is 4. The molecule has 0 aromatic heterocycles. The average molecular weight is 301 g/mol. The van der Waals surface area contributed by atoms with E-state index in [2.05, 4.69) is 11.4 Å². The highest BCUT2D eigenvalue weighted by Crippen LogP contribution is 2.29. The van der Waals surface area contributed by atoms with Crippen molar-refractivity contribution >= 4 is 11.6 Å². The molecule has 118 valence electrons. The Labute approximate surface area is 131 Å². The summed E-state index contributed by atoms with van der Waals surface area (Å²) in [6.45, 7) is 7.11. The summed E-state index contributed by atoms with van der Waals surface area (Å²) >= 11 is 0. The molecule has 0 spiro atoms. The molecule has 0 atom stereocenters. The molecule has 5 heteroatoms. The molecule has 0 saturated carbocycles. The van der Waals surface area contributed by atoms with Gasteiger partial charge in [0.15, 0.2) is 0 Å². The Morgan fingerprint density at radius 3 is 2.64 bits per heavy atom. The molecule has 2 rings (SSSR count). The van der Waals surface area contributed by atoms with Crippen molar-refractivity contribution in [1.82, 2.24) is 4.90 Å². The lowest BCUT2D eigenvalue weighted by Gasteiger charge is -2.32. The molecule has 1 aromatic carbocycles. The van der Waals surface area contributed by atoms with Crippen LogP contribution in [0.3, 0.4) is 0 Å². The third-order valence-corrected chi connectivity index (χ3v) is 3.77. The van der Waals surface area contributed by atoms with Gasteiger partial charge in [0.25, 0.3) is 0 Å². The van der Waals surface area contributed by atoms with E-state index in [1.807, 2.05) is 30.9 Å². The zero-order chi connectivity index (χ0) is 16.1. The van der Waals surface area contributed by atoms with E-state index in [1.54, 1.807) is 13.0 Å². The number of hydrogen-bond acceptors (Lipinski definition) is 4. The van der Waals surface area contributed by atoms with Crippen LogP contribution in [0.4, 0.5) is 5.69 Å². The van der Waals surface area contributed by atoms with Crippen LogP contribution < -0.4 is 10.1 Å². The van der Waals surface area contributed by atoms with Gasteiger partial charge in [-0.25, -0.2) is 0 Å². The zero-order valence-corrected chi connectivity index (χ0v) is 13.4. The Balaban J connectivity index is 2.08. The number of carbonyl (C=O) groups excluding carboxylic acids is 1. The Hall–Kier alpha value is -2.22. The van der Waals surface area contributed by atoms with Crippen molar-refractivity contribution in [3.05, 3.63) is 23.8 Å². The van der Waals surface area contributed by atoms with E-state index >= 15 is 0 Å². The van der Waals surface area contributed by atoms with E-state index in [0.717, 1.165) is 37.4 Å². The van der Waals surface area contributed by atoms with E-state index in [4.69, 9.17) is 10.00 Å². The van der Waals surface area contributed by atoms with Crippen molar-refractivity contribution in [2.45, 2.75) is 45.8 Å². The van der Waals surface area contributed by atoms with Crippen molar-refractivity contribution < 1.29 is 9.53 Å². The molecule has 1 saturated heterocycles. The fourth-order valence-electron chi connectivity index (χ4n) is 2.63. The number of nitriles is 1. The van der Waals surface area contributed by atoms with Crippen LogP contribution in [0.2, 0.25) is 0 Å². The Kier molecular flexibility index (Phi) is 5.26. The molecule has 1 aliphatic rings. The standard InChI is InChI=1S/C17H23N3O2/c1-12(2)22-17-5-4-14(11-18)10-16(17)19-15-6-8-20(9-7-15)13(3)21/h4-5,10,12,15,19H,6-9H2,1-3H3. The first kappa shape index (κ1) is 16.2. The fraction of sp³-hybridized carbons (Fsp3) is 0.529. The van der Waals surface area contributed by atoms with Crippen LogP contribution in [0.5, 0.6) is 5.75 Å². The number of piperidine rings is 1. The number of nitrogens with one attached hydrogen (secondary N) is 1.